The predicted octanol–water partition coefficient (Wildman–Crippen LogP) is 2.02. The minimum absolute atomic E-state index is 0.161. The number of hydrogen-bond acceptors (Lipinski definition) is 4. The van der Waals surface area contributed by atoms with Gasteiger partial charge in [0.25, 0.3) is 0 Å². The van der Waals surface area contributed by atoms with E-state index < -0.39 is 0 Å². The zero-order valence-electron chi connectivity index (χ0n) is 13.7. The lowest BCUT2D eigenvalue weighted by Gasteiger charge is -2.34. The van der Waals surface area contributed by atoms with E-state index in [1.807, 2.05) is 6.92 Å². The van der Waals surface area contributed by atoms with Gasteiger partial charge in [-0.05, 0) is 51.4 Å². The highest BCUT2D eigenvalue weighted by Crippen LogP contribution is 2.31. The lowest BCUT2D eigenvalue weighted by atomic mass is 9.91. The second kappa shape index (κ2) is 6.63. The molecule has 1 aromatic heterocycles. The van der Waals surface area contributed by atoms with Crippen LogP contribution in [0, 0.1) is 12.8 Å². The summed E-state index contributed by atoms with van der Waals surface area (Å²) in [7, 11) is 1.72. The zero-order valence-corrected chi connectivity index (χ0v) is 13.7. The van der Waals surface area contributed by atoms with Gasteiger partial charge in [0, 0.05) is 37.8 Å². The molecule has 1 aromatic rings. The Kier molecular flexibility index (Phi) is 4.60. The lowest BCUT2D eigenvalue weighted by molar-refractivity contribution is -0.121. The highest BCUT2D eigenvalue weighted by Gasteiger charge is 2.26. The van der Waals surface area contributed by atoms with Crippen LogP contribution in [0.2, 0.25) is 0 Å². The summed E-state index contributed by atoms with van der Waals surface area (Å²) in [4.78, 5) is 23.3. The minimum Gasteiger partial charge on any atom is -0.359 e. The van der Waals surface area contributed by atoms with Gasteiger partial charge in [-0.3, -0.25) is 4.79 Å². The Morgan fingerprint density at radius 2 is 1.95 bits per heavy atom. The minimum atomic E-state index is 0.161. The molecule has 5 heteroatoms. The van der Waals surface area contributed by atoms with E-state index in [1.165, 1.54) is 29.9 Å². The van der Waals surface area contributed by atoms with E-state index in [0.29, 0.717) is 12.3 Å². The Morgan fingerprint density at radius 1 is 1.23 bits per heavy atom. The first-order chi connectivity index (χ1) is 10.7. The van der Waals surface area contributed by atoms with Crippen molar-refractivity contribution < 1.29 is 4.79 Å². The molecule has 1 aliphatic carbocycles. The van der Waals surface area contributed by atoms with Crippen LogP contribution in [0.1, 0.15) is 49.2 Å². The van der Waals surface area contributed by atoms with Crippen molar-refractivity contribution >= 4 is 11.7 Å². The van der Waals surface area contributed by atoms with Crippen molar-refractivity contribution in [3.63, 3.8) is 0 Å². The maximum Gasteiger partial charge on any atom is 0.220 e. The van der Waals surface area contributed by atoms with Gasteiger partial charge in [-0.1, -0.05) is 0 Å². The van der Waals surface area contributed by atoms with Crippen molar-refractivity contribution in [3.8, 4) is 0 Å². The molecule has 5 nitrogen and oxygen atoms in total. The topological polar surface area (TPSA) is 58.1 Å². The number of carbonyl (C=O) groups excluding carboxylic acids is 1. The molecule has 22 heavy (non-hydrogen) atoms. The number of nitrogens with one attached hydrogen (secondary N) is 1. The molecule has 2 heterocycles. The standard InChI is InChI=1S/C17H26N4O/c1-12-19-15-6-4-3-5-14(15)17(20-12)21-9-7-13(8-10-21)11-16(22)18-2/h13H,3-11H2,1-2H3,(H,18,22). The fourth-order valence-corrected chi connectivity index (χ4v) is 3.67. The summed E-state index contributed by atoms with van der Waals surface area (Å²) in [6, 6.07) is 0. The SMILES string of the molecule is CNC(=O)CC1CCN(c2nc(C)nc3c2CCCC3)CC1. The molecule has 0 bridgehead atoms. The Hall–Kier alpha value is -1.65. The molecule has 0 aromatic carbocycles. The van der Waals surface area contributed by atoms with Crippen LogP contribution in [-0.2, 0) is 17.6 Å². The monoisotopic (exact) mass is 302 g/mol. The number of piperidine rings is 1. The number of aromatic nitrogens is 2. The van der Waals surface area contributed by atoms with E-state index in [1.54, 1.807) is 7.05 Å². The van der Waals surface area contributed by atoms with E-state index in [0.717, 1.165) is 44.6 Å². The average molecular weight is 302 g/mol. The molecule has 1 aliphatic heterocycles. The van der Waals surface area contributed by atoms with Gasteiger partial charge in [0.05, 0.1) is 0 Å². The first-order valence-corrected chi connectivity index (χ1v) is 8.49. The molecule has 0 radical (unpaired) electrons. The van der Waals surface area contributed by atoms with Gasteiger partial charge in [-0.15, -0.1) is 0 Å². The summed E-state index contributed by atoms with van der Waals surface area (Å²) >= 11 is 0. The largest absolute Gasteiger partial charge is 0.359 e. The Balaban J connectivity index is 1.71. The number of anilines is 1. The van der Waals surface area contributed by atoms with Crippen molar-refractivity contribution in [3.05, 3.63) is 17.1 Å². The van der Waals surface area contributed by atoms with Crippen LogP contribution >= 0.6 is 0 Å². The number of nitrogens with zero attached hydrogens (tertiary/aromatic N) is 3. The number of aryl methyl sites for hydroxylation is 2. The third kappa shape index (κ3) is 3.23. The third-order valence-corrected chi connectivity index (χ3v) is 4.94. The van der Waals surface area contributed by atoms with Gasteiger partial charge in [0.1, 0.15) is 11.6 Å². The number of amides is 1. The van der Waals surface area contributed by atoms with Gasteiger partial charge < -0.3 is 10.2 Å². The summed E-state index contributed by atoms with van der Waals surface area (Å²) in [6.07, 6.45) is 7.51. The maximum atomic E-state index is 11.5. The van der Waals surface area contributed by atoms with Gasteiger partial charge >= 0.3 is 0 Å². The maximum absolute atomic E-state index is 11.5. The number of rotatable bonds is 3. The molecule has 1 amide bonds. The molecular weight excluding hydrogens is 276 g/mol. The highest BCUT2D eigenvalue weighted by molar-refractivity contribution is 5.75. The average Bonchev–Trinajstić information content (AvgIpc) is 2.54. The van der Waals surface area contributed by atoms with Crippen molar-refractivity contribution in [2.45, 2.75) is 51.9 Å². The van der Waals surface area contributed by atoms with Gasteiger partial charge in [-0.2, -0.15) is 0 Å². The van der Waals surface area contributed by atoms with Crippen LogP contribution in [-0.4, -0.2) is 36.0 Å². The van der Waals surface area contributed by atoms with Gasteiger partial charge in [0.2, 0.25) is 5.91 Å². The molecule has 1 N–H and O–H groups in total. The van der Waals surface area contributed by atoms with Crippen LogP contribution < -0.4 is 10.2 Å². The van der Waals surface area contributed by atoms with Gasteiger partial charge in [0.15, 0.2) is 0 Å². The Morgan fingerprint density at radius 3 is 2.68 bits per heavy atom. The van der Waals surface area contributed by atoms with E-state index in [9.17, 15) is 4.79 Å². The van der Waals surface area contributed by atoms with Crippen molar-refractivity contribution in [1.29, 1.82) is 0 Å². The quantitative estimate of drug-likeness (QED) is 0.928. The fourth-order valence-electron chi connectivity index (χ4n) is 3.67. The first kappa shape index (κ1) is 15.3. The summed E-state index contributed by atoms with van der Waals surface area (Å²) in [5, 5.41) is 2.73. The Labute approximate surface area is 132 Å². The number of carbonyl (C=O) groups is 1. The van der Waals surface area contributed by atoms with Crippen LogP contribution in [0.25, 0.3) is 0 Å². The second-order valence-corrected chi connectivity index (χ2v) is 6.53. The normalized spacial score (nSPS) is 18.9. The molecule has 0 spiro atoms. The molecule has 1 fully saturated rings. The predicted molar refractivity (Wildman–Crippen MR) is 87.0 cm³/mol. The molecule has 3 rings (SSSR count). The van der Waals surface area contributed by atoms with Crippen molar-refractivity contribution in [2.24, 2.45) is 5.92 Å². The summed E-state index contributed by atoms with van der Waals surface area (Å²) < 4.78 is 0. The van der Waals surface area contributed by atoms with Gasteiger partial charge in [-0.25, -0.2) is 9.97 Å². The van der Waals surface area contributed by atoms with E-state index in [4.69, 9.17) is 4.98 Å². The third-order valence-electron chi connectivity index (χ3n) is 4.94. The smallest absolute Gasteiger partial charge is 0.220 e. The van der Waals surface area contributed by atoms with E-state index in [-0.39, 0.29) is 5.91 Å². The summed E-state index contributed by atoms with van der Waals surface area (Å²) in [5.41, 5.74) is 2.64. The van der Waals surface area contributed by atoms with Crippen LogP contribution in [0.3, 0.4) is 0 Å². The van der Waals surface area contributed by atoms with Crippen molar-refractivity contribution in [1.82, 2.24) is 15.3 Å². The number of fused-ring (bicyclic) bond motifs is 1. The van der Waals surface area contributed by atoms with E-state index in [2.05, 4.69) is 15.2 Å². The fraction of sp³-hybridized carbons (Fsp3) is 0.706. The van der Waals surface area contributed by atoms with Crippen LogP contribution in [0.15, 0.2) is 0 Å². The molecule has 0 atom stereocenters. The summed E-state index contributed by atoms with van der Waals surface area (Å²) in [6.45, 7) is 4.01. The van der Waals surface area contributed by atoms with Crippen LogP contribution in [0.5, 0.6) is 0 Å². The Bertz CT molecular complexity index is 550. The highest BCUT2D eigenvalue weighted by atomic mass is 16.1. The second-order valence-electron chi connectivity index (χ2n) is 6.53. The molecule has 1 saturated heterocycles. The van der Waals surface area contributed by atoms with Crippen LogP contribution in [0.4, 0.5) is 5.82 Å². The summed E-state index contributed by atoms with van der Waals surface area (Å²) in [5.74, 6) is 2.73. The molecule has 2 aliphatic rings. The zero-order chi connectivity index (χ0) is 15.5. The molecular formula is C17H26N4O. The first-order valence-electron chi connectivity index (χ1n) is 8.49. The number of hydrogen-bond donors (Lipinski definition) is 1. The molecule has 0 saturated carbocycles. The lowest BCUT2D eigenvalue weighted by Crippen LogP contribution is -2.37. The van der Waals surface area contributed by atoms with Crippen molar-refractivity contribution in [2.75, 3.05) is 25.0 Å². The van der Waals surface area contributed by atoms with E-state index >= 15 is 0 Å². The molecule has 0 unspecified atom stereocenters. The molecule has 120 valence electrons.